The zero-order valence-corrected chi connectivity index (χ0v) is 22.0. The second-order valence-corrected chi connectivity index (χ2v) is 9.48. The number of carbonyl (C=O) groups is 1. The molecule has 1 atom stereocenters. The zero-order chi connectivity index (χ0) is 25.1. The van der Waals surface area contributed by atoms with Crippen molar-refractivity contribution in [1.82, 2.24) is 9.80 Å². The summed E-state index contributed by atoms with van der Waals surface area (Å²) in [6, 6.07) is 13.5. The second kappa shape index (κ2) is 13.0. The third-order valence-electron chi connectivity index (χ3n) is 7.17. The van der Waals surface area contributed by atoms with Crippen molar-refractivity contribution in [3.63, 3.8) is 0 Å². The molecule has 4 rings (SSSR count). The maximum absolute atomic E-state index is 12.6. The van der Waals surface area contributed by atoms with Gasteiger partial charge in [-0.05, 0) is 41.7 Å². The van der Waals surface area contributed by atoms with E-state index in [1.165, 1.54) is 23.1 Å². The summed E-state index contributed by atoms with van der Waals surface area (Å²) >= 11 is 0. The minimum Gasteiger partial charge on any atom is -0.465 e. The van der Waals surface area contributed by atoms with Crippen LogP contribution in [0.1, 0.15) is 43.6 Å². The number of amides is 1. The molecule has 2 aromatic carbocycles. The maximum Gasteiger partial charge on any atom is 0.573 e. The minimum absolute atomic E-state index is 0. The quantitative estimate of drug-likeness (QED) is 0.439. The minimum atomic E-state index is -4.75. The van der Waals surface area contributed by atoms with Crippen LogP contribution < -0.4 is 4.74 Å². The monoisotopic (exact) mass is 564 g/mol. The number of nitrogens with zero attached hydrogens (tertiary/aromatic N) is 2. The van der Waals surface area contributed by atoms with Crippen molar-refractivity contribution in [2.45, 2.75) is 50.0 Å². The number of carboxylic acid groups (broad SMARTS) is 1. The molecule has 2 aromatic rings. The van der Waals surface area contributed by atoms with Crippen LogP contribution in [0.2, 0.25) is 0 Å². The van der Waals surface area contributed by atoms with Gasteiger partial charge in [-0.25, -0.2) is 4.79 Å². The van der Waals surface area contributed by atoms with Gasteiger partial charge in [0, 0.05) is 38.6 Å². The van der Waals surface area contributed by atoms with Crippen molar-refractivity contribution in [1.29, 1.82) is 0 Å². The van der Waals surface area contributed by atoms with E-state index in [4.69, 9.17) is 0 Å². The molecule has 1 aliphatic heterocycles. The van der Waals surface area contributed by atoms with Crippen molar-refractivity contribution < 1.29 is 32.9 Å². The molecule has 1 unspecified atom stereocenters. The fraction of sp³-hybridized carbons (Fsp3) is 0.500. The predicted octanol–water partition coefficient (Wildman–Crippen LogP) is 6.17. The summed E-state index contributed by atoms with van der Waals surface area (Å²) in [5, 5.41) is 20.9. The summed E-state index contributed by atoms with van der Waals surface area (Å²) in [5.41, 5.74) is 1.49. The summed E-state index contributed by atoms with van der Waals surface area (Å²) in [7, 11) is 0. The van der Waals surface area contributed by atoms with Crippen LogP contribution in [-0.2, 0) is 0 Å². The fourth-order valence-electron chi connectivity index (χ4n) is 5.26. The number of hydrogen-bond donors (Lipinski definition) is 2. The Balaban J connectivity index is 0.00000241. The van der Waals surface area contributed by atoms with Gasteiger partial charge in [0.1, 0.15) is 5.75 Å². The van der Waals surface area contributed by atoms with Crippen LogP contribution in [0.25, 0.3) is 11.1 Å². The zero-order valence-electron chi connectivity index (χ0n) is 20.3. The normalized spacial score (nSPS) is 18.8. The van der Waals surface area contributed by atoms with Gasteiger partial charge in [-0.15, -0.1) is 38.0 Å². The Bertz CT molecular complexity index is 1010. The molecule has 2 N–H and O–H groups in total. The van der Waals surface area contributed by atoms with Gasteiger partial charge >= 0.3 is 12.5 Å². The molecule has 11 heteroatoms. The van der Waals surface area contributed by atoms with Crippen molar-refractivity contribution in [2.24, 2.45) is 0 Å². The van der Waals surface area contributed by atoms with Crippen molar-refractivity contribution in [3.05, 3.63) is 54.1 Å². The molecule has 6 nitrogen and oxygen atoms in total. The topological polar surface area (TPSA) is 73.2 Å². The highest BCUT2D eigenvalue weighted by molar-refractivity contribution is 5.85. The molecule has 1 aliphatic carbocycles. The molecule has 0 aromatic heterocycles. The van der Waals surface area contributed by atoms with Crippen LogP contribution in [0.5, 0.6) is 5.75 Å². The lowest BCUT2D eigenvalue weighted by molar-refractivity contribution is -0.274. The van der Waals surface area contributed by atoms with Crippen LogP contribution in [0.15, 0.2) is 48.5 Å². The smallest absolute Gasteiger partial charge is 0.465 e. The van der Waals surface area contributed by atoms with Crippen molar-refractivity contribution >= 4 is 30.9 Å². The first-order chi connectivity index (χ1) is 16.6. The SMILES string of the molecule is Cl.Cl.O=C(O)N1CCN(CC(c2ccc(-c3cccc(OC(F)(F)F)c3)cc2)C2(O)CCCCC2)CC1. The van der Waals surface area contributed by atoms with Gasteiger partial charge in [-0.1, -0.05) is 55.7 Å². The standard InChI is InChI=1S/C26H31F3N2O4.2ClH/c27-26(28,29)35-22-6-4-5-21(17-22)19-7-9-20(10-8-19)23(25(34)11-2-1-3-12-25)18-30-13-15-31(16-14-30)24(32)33;;/h4-10,17,23,34H,1-3,11-16,18H2,(H,32,33);2*1H. The summed E-state index contributed by atoms with van der Waals surface area (Å²) in [6.07, 6.45) is -1.21. The van der Waals surface area contributed by atoms with Gasteiger partial charge < -0.3 is 19.8 Å². The van der Waals surface area contributed by atoms with Gasteiger partial charge in [0.2, 0.25) is 0 Å². The molecule has 2 fully saturated rings. The molecular formula is C26H33Cl2F3N2O4. The molecule has 1 heterocycles. The molecule has 0 bridgehead atoms. The Morgan fingerprint density at radius 2 is 1.57 bits per heavy atom. The van der Waals surface area contributed by atoms with E-state index < -0.39 is 18.1 Å². The molecule has 1 saturated heterocycles. The molecule has 1 amide bonds. The highest BCUT2D eigenvalue weighted by Crippen LogP contribution is 2.41. The third kappa shape index (κ3) is 8.14. The second-order valence-electron chi connectivity index (χ2n) is 9.48. The Hall–Kier alpha value is -2.20. The lowest BCUT2D eigenvalue weighted by atomic mass is 9.72. The number of rotatable bonds is 6. The highest BCUT2D eigenvalue weighted by Gasteiger charge is 2.40. The molecule has 206 valence electrons. The fourth-order valence-corrected chi connectivity index (χ4v) is 5.26. The molecule has 2 aliphatic rings. The Labute approximate surface area is 227 Å². The van der Waals surface area contributed by atoms with E-state index in [0.717, 1.165) is 30.4 Å². The summed E-state index contributed by atoms with van der Waals surface area (Å²) in [5.74, 6) is -0.415. The van der Waals surface area contributed by atoms with Crippen LogP contribution >= 0.6 is 24.8 Å². The van der Waals surface area contributed by atoms with Crippen molar-refractivity contribution in [3.8, 4) is 16.9 Å². The lowest BCUT2D eigenvalue weighted by Crippen LogP contribution is -2.51. The molecule has 37 heavy (non-hydrogen) atoms. The summed E-state index contributed by atoms with van der Waals surface area (Å²) < 4.78 is 41.9. The number of aliphatic hydroxyl groups is 1. The number of alkyl halides is 3. The van der Waals surface area contributed by atoms with E-state index in [2.05, 4.69) is 9.64 Å². The van der Waals surface area contributed by atoms with E-state index in [0.29, 0.717) is 51.1 Å². The van der Waals surface area contributed by atoms with Gasteiger partial charge in [-0.3, -0.25) is 4.90 Å². The first kappa shape index (κ1) is 31.0. The van der Waals surface area contributed by atoms with E-state index in [1.54, 1.807) is 6.07 Å². The summed E-state index contributed by atoms with van der Waals surface area (Å²) in [6.45, 7) is 2.73. The van der Waals surface area contributed by atoms with Crippen molar-refractivity contribution in [2.75, 3.05) is 32.7 Å². The van der Waals surface area contributed by atoms with Crippen LogP contribution in [0, 0.1) is 0 Å². The van der Waals surface area contributed by atoms with Crippen LogP contribution in [0.4, 0.5) is 18.0 Å². The molecule has 0 spiro atoms. The Morgan fingerprint density at radius 1 is 0.946 bits per heavy atom. The van der Waals surface area contributed by atoms with E-state index >= 15 is 0 Å². The lowest BCUT2D eigenvalue weighted by Gasteiger charge is -2.43. The van der Waals surface area contributed by atoms with Gasteiger partial charge in [0.25, 0.3) is 0 Å². The number of hydrogen-bond acceptors (Lipinski definition) is 4. The predicted molar refractivity (Wildman–Crippen MR) is 140 cm³/mol. The van der Waals surface area contributed by atoms with Gasteiger partial charge in [0.15, 0.2) is 0 Å². The average Bonchev–Trinajstić information content (AvgIpc) is 2.82. The highest BCUT2D eigenvalue weighted by atomic mass is 35.5. The number of benzene rings is 2. The van der Waals surface area contributed by atoms with E-state index in [1.807, 2.05) is 24.3 Å². The maximum atomic E-state index is 12.6. The van der Waals surface area contributed by atoms with E-state index in [9.17, 15) is 28.2 Å². The molecular weight excluding hydrogens is 532 g/mol. The Morgan fingerprint density at radius 3 is 2.14 bits per heavy atom. The number of halogens is 5. The molecule has 0 radical (unpaired) electrons. The van der Waals surface area contributed by atoms with Crippen LogP contribution in [0.3, 0.4) is 0 Å². The third-order valence-corrected chi connectivity index (χ3v) is 7.17. The number of ether oxygens (including phenoxy) is 1. The average molecular weight is 565 g/mol. The summed E-state index contributed by atoms with van der Waals surface area (Å²) in [4.78, 5) is 14.9. The van der Waals surface area contributed by atoms with E-state index in [-0.39, 0.29) is 36.5 Å². The van der Waals surface area contributed by atoms with Gasteiger partial charge in [0.05, 0.1) is 5.60 Å². The first-order valence-corrected chi connectivity index (χ1v) is 12.0. The van der Waals surface area contributed by atoms with Crippen LogP contribution in [-0.4, -0.2) is 70.8 Å². The van der Waals surface area contributed by atoms with Gasteiger partial charge in [-0.2, -0.15) is 0 Å². The first-order valence-electron chi connectivity index (χ1n) is 12.0. The largest absolute Gasteiger partial charge is 0.573 e. The Kier molecular flexibility index (Phi) is 10.9. The molecule has 1 saturated carbocycles. The number of piperazine rings is 1.